The number of benzene rings is 1. The van der Waals surface area contributed by atoms with Gasteiger partial charge in [-0.15, -0.1) is 11.6 Å². The minimum absolute atomic E-state index is 0.0259. The van der Waals surface area contributed by atoms with Crippen LogP contribution in [0.5, 0.6) is 5.75 Å². The van der Waals surface area contributed by atoms with Gasteiger partial charge >= 0.3 is 0 Å². The summed E-state index contributed by atoms with van der Waals surface area (Å²) >= 11 is 11.8. The van der Waals surface area contributed by atoms with Crippen molar-refractivity contribution in [2.45, 2.75) is 25.9 Å². The number of hydrogen-bond acceptors (Lipinski definition) is 2. The van der Waals surface area contributed by atoms with Gasteiger partial charge in [0.15, 0.2) is 6.10 Å². The van der Waals surface area contributed by atoms with Gasteiger partial charge in [0.1, 0.15) is 5.75 Å². The molecule has 1 amide bonds. The second-order valence-electron chi connectivity index (χ2n) is 5.14. The van der Waals surface area contributed by atoms with Gasteiger partial charge in [-0.25, -0.2) is 0 Å². The van der Waals surface area contributed by atoms with Crippen LogP contribution in [0.25, 0.3) is 0 Å². The maximum Gasteiger partial charge on any atom is 0.263 e. The molecule has 2 rings (SSSR count). The fraction of sp³-hybridized carbons (Fsp3) is 0.533. The monoisotopic (exact) mass is 315 g/mol. The number of ether oxygens (including phenoxy) is 1. The Morgan fingerprint density at radius 3 is 2.75 bits per heavy atom. The molecule has 0 bridgehead atoms. The van der Waals surface area contributed by atoms with Crippen LogP contribution in [0, 0.1) is 5.92 Å². The van der Waals surface area contributed by atoms with Crippen molar-refractivity contribution in [2.75, 3.05) is 19.0 Å². The number of carbonyl (C=O) groups excluding carboxylic acids is 1. The molecule has 0 aliphatic carbocycles. The summed E-state index contributed by atoms with van der Waals surface area (Å²) in [5.41, 5.74) is 0. The van der Waals surface area contributed by atoms with Crippen molar-refractivity contribution in [3.05, 3.63) is 29.3 Å². The molecule has 0 aromatic heterocycles. The number of hydrogen-bond donors (Lipinski definition) is 0. The van der Waals surface area contributed by atoms with Gasteiger partial charge in [-0.1, -0.05) is 17.7 Å². The smallest absolute Gasteiger partial charge is 0.263 e. The molecule has 0 saturated carbocycles. The standard InChI is InChI=1S/C15H19Cl2NO2/c1-11(20-14-4-2-3-13(17)9-14)15(19)18-7-5-12(10-16)6-8-18/h2-4,9,11-12H,5-8,10H2,1H3. The molecule has 0 N–H and O–H groups in total. The largest absolute Gasteiger partial charge is 0.481 e. The highest BCUT2D eigenvalue weighted by Gasteiger charge is 2.26. The van der Waals surface area contributed by atoms with Crippen molar-refractivity contribution >= 4 is 29.1 Å². The second-order valence-corrected chi connectivity index (χ2v) is 5.89. The first-order valence-corrected chi connectivity index (χ1v) is 7.78. The predicted octanol–water partition coefficient (Wildman–Crippen LogP) is 3.58. The van der Waals surface area contributed by atoms with Gasteiger partial charge in [-0.05, 0) is 43.9 Å². The first-order valence-electron chi connectivity index (χ1n) is 6.87. The second kappa shape index (κ2) is 7.19. The lowest BCUT2D eigenvalue weighted by Crippen LogP contribution is -2.45. The van der Waals surface area contributed by atoms with Crippen LogP contribution in [0.3, 0.4) is 0 Å². The zero-order valence-corrected chi connectivity index (χ0v) is 13.0. The third-order valence-corrected chi connectivity index (χ3v) is 4.27. The minimum atomic E-state index is -0.499. The van der Waals surface area contributed by atoms with Crippen LogP contribution in [0.15, 0.2) is 24.3 Å². The fourth-order valence-corrected chi connectivity index (χ4v) is 2.85. The minimum Gasteiger partial charge on any atom is -0.481 e. The third-order valence-electron chi connectivity index (χ3n) is 3.60. The van der Waals surface area contributed by atoms with Gasteiger partial charge in [-0.3, -0.25) is 4.79 Å². The summed E-state index contributed by atoms with van der Waals surface area (Å²) in [4.78, 5) is 14.2. The van der Waals surface area contributed by atoms with E-state index >= 15 is 0 Å². The molecule has 1 aliphatic rings. The molecule has 3 nitrogen and oxygen atoms in total. The molecule has 1 unspecified atom stereocenters. The van der Waals surface area contributed by atoms with E-state index in [9.17, 15) is 4.79 Å². The van der Waals surface area contributed by atoms with E-state index in [0.717, 1.165) is 25.9 Å². The van der Waals surface area contributed by atoms with E-state index in [4.69, 9.17) is 27.9 Å². The molecule has 5 heteroatoms. The van der Waals surface area contributed by atoms with Gasteiger partial charge < -0.3 is 9.64 Å². The number of rotatable bonds is 4. The highest BCUT2D eigenvalue weighted by molar-refractivity contribution is 6.30. The molecule has 1 saturated heterocycles. The van der Waals surface area contributed by atoms with Gasteiger partial charge in [0.2, 0.25) is 0 Å². The van der Waals surface area contributed by atoms with E-state index in [-0.39, 0.29) is 5.91 Å². The molecule has 1 fully saturated rings. The molecule has 1 atom stereocenters. The molecule has 110 valence electrons. The SMILES string of the molecule is CC(Oc1cccc(Cl)c1)C(=O)N1CCC(CCl)CC1. The molecular weight excluding hydrogens is 297 g/mol. The Hall–Kier alpha value is -0.930. The normalized spacial score (nSPS) is 17.9. The van der Waals surface area contributed by atoms with E-state index < -0.39 is 6.10 Å². The van der Waals surface area contributed by atoms with Gasteiger partial charge in [0.05, 0.1) is 0 Å². The first kappa shape index (κ1) is 15.5. The summed E-state index contributed by atoms with van der Waals surface area (Å²) in [7, 11) is 0. The molecule has 1 aliphatic heterocycles. The van der Waals surface area contributed by atoms with Gasteiger partial charge in [-0.2, -0.15) is 0 Å². The molecule has 1 aromatic carbocycles. The summed E-state index contributed by atoms with van der Waals surface area (Å²) in [5.74, 6) is 1.85. The molecule has 20 heavy (non-hydrogen) atoms. The van der Waals surface area contributed by atoms with Gasteiger partial charge in [0.25, 0.3) is 5.91 Å². The highest BCUT2D eigenvalue weighted by atomic mass is 35.5. The van der Waals surface area contributed by atoms with Crippen LogP contribution >= 0.6 is 23.2 Å². The number of likely N-dealkylation sites (tertiary alicyclic amines) is 1. The van der Waals surface area contributed by atoms with Crippen LogP contribution < -0.4 is 4.74 Å². The quantitative estimate of drug-likeness (QED) is 0.795. The fourth-order valence-electron chi connectivity index (χ4n) is 2.36. The van der Waals surface area contributed by atoms with Crippen molar-refractivity contribution in [1.29, 1.82) is 0 Å². The van der Waals surface area contributed by atoms with Crippen LogP contribution in [-0.4, -0.2) is 35.9 Å². The van der Waals surface area contributed by atoms with Crippen molar-refractivity contribution in [3.63, 3.8) is 0 Å². The van der Waals surface area contributed by atoms with Crippen molar-refractivity contribution in [2.24, 2.45) is 5.92 Å². The van der Waals surface area contributed by atoms with Crippen LogP contribution in [-0.2, 0) is 4.79 Å². The number of nitrogens with zero attached hydrogens (tertiary/aromatic N) is 1. The number of piperidine rings is 1. The Labute approximate surface area is 129 Å². The number of amides is 1. The summed E-state index contributed by atoms with van der Waals surface area (Å²) in [6.45, 7) is 3.30. The molecule has 0 spiro atoms. The van der Waals surface area contributed by atoms with E-state index in [0.29, 0.717) is 22.6 Å². The average molecular weight is 316 g/mol. The number of alkyl halides is 1. The Bertz CT molecular complexity index is 459. The molecule has 0 radical (unpaired) electrons. The van der Waals surface area contributed by atoms with Gasteiger partial charge in [0, 0.05) is 24.0 Å². The summed E-state index contributed by atoms with van der Waals surface area (Å²) in [6.07, 6.45) is 1.44. The van der Waals surface area contributed by atoms with Crippen molar-refractivity contribution < 1.29 is 9.53 Å². The number of halogens is 2. The summed E-state index contributed by atoms with van der Waals surface area (Å²) < 4.78 is 5.66. The lowest BCUT2D eigenvalue weighted by molar-refractivity contribution is -0.139. The highest BCUT2D eigenvalue weighted by Crippen LogP contribution is 2.21. The Kier molecular flexibility index (Phi) is 5.55. The zero-order valence-electron chi connectivity index (χ0n) is 11.5. The summed E-state index contributed by atoms with van der Waals surface area (Å²) in [5, 5.41) is 0.602. The van der Waals surface area contributed by atoms with Crippen LogP contribution in [0.1, 0.15) is 19.8 Å². The maximum absolute atomic E-state index is 12.3. The summed E-state index contributed by atoms with van der Waals surface area (Å²) in [6, 6.07) is 7.10. The average Bonchev–Trinajstić information content (AvgIpc) is 2.46. The van der Waals surface area contributed by atoms with Crippen LogP contribution in [0.2, 0.25) is 5.02 Å². The topological polar surface area (TPSA) is 29.5 Å². The first-order chi connectivity index (χ1) is 9.60. The van der Waals surface area contributed by atoms with Crippen LogP contribution in [0.4, 0.5) is 0 Å². The molecule has 1 aromatic rings. The maximum atomic E-state index is 12.3. The lowest BCUT2D eigenvalue weighted by atomic mass is 9.99. The zero-order chi connectivity index (χ0) is 14.5. The number of carbonyl (C=O) groups is 1. The van der Waals surface area contributed by atoms with E-state index in [2.05, 4.69) is 0 Å². The van der Waals surface area contributed by atoms with E-state index in [1.54, 1.807) is 31.2 Å². The molecular formula is C15H19Cl2NO2. The Morgan fingerprint density at radius 2 is 2.15 bits per heavy atom. The van der Waals surface area contributed by atoms with E-state index in [1.165, 1.54) is 0 Å². The van der Waals surface area contributed by atoms with Crippen molar-refractivity contribution in [1.82, 2.24) is 4.90 Å². The van der Waals surface area contributed by atoms with E-state index in [1.807, 2.05) is 4.90 Å². The van der Waals surface area contributed by atoms with Crippen molar-refractivity contribution in [3.8, 4) is 5.75 Å². The third kappa shape index (κ3) is 4.03. The Morgan fingerprint density at radius 1 is 1.45 bits per heavy atom. The molecule has 1 heterocycles. The Balaban J connectivity index is 1.89. The predicted molar refractivity (Wildman–Crippen MR) is 81.6 cm³/mol. The lowest BCUT2D eigenvalue weighted by Gasteiger charge is -2.32.